The maximum atomic E-state index is 14.8. The Balaban J connectivity index is 1.85. The minimum atomic E-state index is -1.12. The summed E-state index contributed by atoms with van der Waals surface area (Å²) in [4.78, 5) is 49.0. The van der Waals surface area contributed by atoms with E-state index in [0.29, 0.717) is 26.1 Å². The van der Waals surface area contributed by atoms with Crippen molar-refractivity contribution in [3.63, 3.8) is 0 Å². The van der Waals surface area contributed by atoms with Crippen molar-refractivity contribution in [3.8, 4) is 0 Å². The molecule has 1 aliphatic carbocycles. The summed E-state index contributed by atoms with van der Waals surface area (Å²) in [6, 6.07) is -1.37. The van der Waals surface area contributed by atoms with E-state index in [1.54, 1.807) is 22.0 Å². The molecule has 1 N–H and O–H groups in total. The van der Waals surface area contributed by atoms with Crippen LogP contribution in [0, 0.1) is 23.7 Å². The Hall–Kier alpha value is -2.19. The van der Waals surface area contributed by atoms with Crippen LogP contribution < -0.4 is 0 Å². The second-order valence-corrected chi connectivity index (χ2v) is 13.1. The van der Waals surface area contributed by atoms with E-state index in [-0.39, 0.29) is 42.2 Å². The first-order chi connectivity index (χ1) is 19.0. The summed E-state index contributed by atoms with van der Waals surface area (Å²) in [6.45, 7) is 18.9. The molecule has 7 atom stereocenters. The van der Waals surface area contributed by atoms with E-state index in [4.69, 9.17) is 4.74 Å². The van der Waals surface area contributed by atoms with Gasteiger partial charge in [0.2, 0.25) is 17.7 Å². The fraction of sp³-hybridized carbons (Fsp3) is 0.781. The van der Waals surface area contributed by atoms with Crippen molar-refractivity contribution in [1.82, 2.24) is 14.7 Å². The highest BCUT2D eigenvalue weighted by Crippen LogP contribution is 2.66. The number of carbonyl (C=O) groups is 3. The van der Waals surface area contributed by atoms with Gasteiger partial charge >= 0.3 is 0 Å². The Kier molecular flexibility index (Phi) is 9.20. The normalized spacial score (nSPS) is 34.2. The summed E-state index contributed by atoms with van der Waals surface area (Å²) < 4.78 is 6.96. The lowest BCUT2D eigenvalue weighted by molar-refractivity contribution is -0.160. The molecule has 3 unspecified atom stereocenters. The molecule has 4 rings (SSSR count). The van der Waals surface area contributed by atoms with Crippen LogP contribution in [0.1, 0.15) is 79.6 Å². The second kappa shape index (κ2) is 12.0. The Morgan fingerprint density at radius 3 is 2.35 bits per heavy atom. The van der Waals surface area contributed by atoms with Gasteiger partial charge in [0.25, 0.3) is 0 Å². The van der Waals surface area contributed by atoms with Crippen LogP contribution in [0.15, 0.2) is 25.3 Å². The summed E-state index contributed by atoms with van der Waals surface area (Å²) in [5.74, 6) is -2.07. The number of fused-ring (bicyclic) bond motifs is 1. The number of aliphatic hydroxyl groups excluding tert-OH is 1. The lowest BCUT2D eigenvalue weighted by atomic mass is 9.62. The molecule has 40 heavy (non-hydrogen) atoms. The van der Waals surface area contributed by atoms with Gasteiger partial charge < -0.3 is 24.5 Å². The molecule has 0 aromatic carbocycles. The smallest absolute Gasteiger partial charge is 0.248 e. The quantitative estimate of drug-likeness (QED) is 0.369. The Morgan fingerprint density at radius 1 is 1.15 bits per heavy atom. The molecule has 1 spiro atoms. The SMILES string of the molecule is C=CCN(CCC)C(=O)[C@@H]1[C@H]2C(=O)N([C@@H](CO)C(C)C)C(C(=O)N(CC=C)C3CCCCC3)C23CC(C)[C@@]1(C)O3. The minimum absolute atomic E-state index is 0.0258. The first-order valence-corrected chi connectivity index (χ1v) is 15.5. The van der Waals surface area contributed by atoms with Crippen LogP contribution in [0.4, 0.5) is 0 Å². The van der Waals surface area contributed by atoms with Gasteiger partial charge in [0.1, 0.15) is 11.6 Å². The van der Waals surface area contributed by atoms with Gasteiger partial charge in [-0.3, -0.25) is 14.4 Å². The number of ether oxygens (including phenoxy) is 1. The second-order valence-electron chi connectivity index (χ2n) is 13.1. The number of hydrogen-bond donors (Lipinski definition) is 1. The van der Waals surface area contributed by atoms with Crippen molar-refractivity contribution in [2.24, 2.45) is 23.7 Å². The van der Waals surface area contributed by atoms with Crippen molar-refractivity contribution < 1.29 is 24.2 Å². The van der Waals surface area contributed by atoms with Crippen LogP contribution in [0.3, 0.4) is 0 Å². The zero-order valence-corrected chi connectivity index (χ0v) is 25.3. The van der Waals surface area contributed by atoms with E-state index in [1.807, 2.05) is 32.6 Å². The third-order valence-corrected chi connectivity index (χ3v) is 10.3. The molecular weight excluding hydrogens is 506 g/mol. The number of hydrogen-bond acceptors (Lipinski definition) is 5. The third kappa shape index (κ3) is 4.73. The average molecular weight is 558 g/mol. The number of aliphatic hydroxyl groups is 1. The van der Waals surface area contributed by atoms with Gasteiger partial charge in [0.15, 0.2) is 0 Å². The molecule has 8 nitrogen and oxygen atoms in total. The van der Waals surface area contributed by atoms with E-state index in [9.17, 15) is 19.5 Å². The molecule has 4 aliphatic rings. The van der Waals surface area contributed by atoms with Crippen LogP contribution in [0.2, 0.25) is 0 Å². The van der Waals surface area contributed by atoms with Gasteiger partial charge in [0.05, 0.1) is 30.1 Å². The van der Waals surface area contributed by atoms with Crippen LogP contribution in [-0.2, 0) is 19.1 Å². The topological polar surface area (TPSA) is 90.4 Å². The highest BCUT2D eigenvalue weighted by molar-refractivity contribution is 5.99. The van der Waals surface area contributed by atoms with E-state index >= 15 is 0 Å². The van der Waals surface area contributed by atoms with Crippen LogP contribution in [0.5, 0.6) is 0 Å². The predicted octanol–water partition coefficient (Wildman–Crippen LogP) is 3.79. The maximum Gasteiger partial charge on any atom is 0.248 e. The summed E-state index contributed by atoms with van der Waals surface area (Å²) in [7, 11) is 0. The standard InChI is InChI=1S/C32H51N3O5/c1-8-16-33(17-9-2)28(37)25-26-29(38)35(24(20-36)21(4)5)27(32(26)19-22(6)31(25,7)40-32)30(39)34(18-10-3)23-14-12-11-13-15-23/h8,10,21-27,36H,1,3,9,11-20H2,2,4-7H3/t22?,24-,25-,26-,27?,31+,32?/m0/s1. The van der Waals surface area contributed by atoms with Crippen molar-refractivity contribution in [3.05, 3.63) is 25.3 Å². The molecule has 0 radical (unpaired) electrons. The van der Waals surface area contributed by atoms with Gasteiger partial charge in [0, 0.05) is 25.7 Å². The molecule has 3 heterocycles. The molecule has 2 bridgehead atoms. The Morgan fingerprint density at radius 2 is 1.80 bits per heavy atom. The summed E-state index contributed by atoms with van der Waals surface area (Å²) >= 11 is 0. The number of rotatable bonds is 12. The van der Waals surface area contributed by atoms with Crippen molar-refractivity contribution in [2.45, 2.75) is 109 Å². The van der Waals surface area contributed by atoms with Crippen molar-refractivity contribution in [1.29, 1.82) is 0 Å². The van der Waals surface area contributed by atoms with E-state index in [2.05, 4.69) is 20.1 Å². The Bertz CT molecular complexity index is 993. The van der Waals surface area contributed by atoms with E-state index in [1.165, 1.54) is 0 Å². The predicted molar refractivity (Wildman–Crippen MR) is 155 cm³/mol. The number of carbonyl (C=O) groups excluding carboxylic acids is 3. The van der Waals surface area contributed by atoms with Crippen LogP contribution >= 0.6 is 0 Å². The minimum Gasteiger partial charge on any atom is -0.394 e. The molecule has 3 amide bonds. The monoisotopic (exact) mass is 557 g/mol. The van der Waals surface area contributed by atoms with Gasteiger partial charge in [-0.25, -0.2) is 0 Å². The fourth-order valence-electron chi connectivity index (χ4n) is 8.33. The third-order valence-electron chi connectivity index (χ3n) is 10.3. The molecule has 8 heteroatoms. The summed E-state index contributed by atoms with van der Waals surface area (Å²) in [5, 5.41) is 10.5. The number of nitrogens with zero attached hydrogens (tertiary/aromatic N) is 3. The zero-order chi connectivity index (χ0) is 29.4. The molecule has 0 aromatic rings. The first-order valence-electron chi connectivity index (χ1n) is 15.5. The molecule has 224 valence electrons. The molecule has 3 aliphatic heterocycles. The molecule has 1 saturated carbocycles. The summed E-state index contributed by atoms with van der Waals surface area (Å²) in [5.41, 5.74) is -1.99. The average Bonchev–Trinajstić information content (AvgIpc) is 3.44. The number of amides is 3. The van der Waals surface area contributed by atoms with Crippen LogP contribution in [0.25, 0.3) is 0 Å². The van der Waals surface area contributed by atoms with E-state index in [0.717, 1.165) is 38.5 Å². The van der Waals surface area contributed by atoms with Gasteiger partial charge in [-0.1, -0.05) is 59.1 Å². The van der Waals surface area contributed by atoms with Crippen LogP contribution in [-0.4, -0.2) is 93.1 Å². The highest BCUT2D eigenvalue weighted by atomic mass is 16.5. The molecule has 3 saturated heterocycles. The molecule has 4 fully saturated rings. The lowest BCUT2D eigenvalue weighted by Gasteiger charge is -2.43. The fourth-order valence-corrected chi connectivity index (χ4v) is 8.33. The summed E-state index contributed by atoms with van der Waals surface area (Å²) in [6.07, 6.45) is 9.93. The molecule has 0 aromatic heterocycles. The number of likely N-dealkylation sites (tertiary alicyclic amines) is 1. The first kappa shape index (κ1) is 30.8. The zero-order valence-electron chi connectivity index (χ0n) is 25.3. The largest absolute Gasteiger partial charge is 0.394 e. The van der Waals surface area contributed by atoms with Crippen molar-refractivity contribution in [2.75, 3.05) is 26.2 Å². The lowest BCUT2D eigenvalue weighted by Crippen LogP contribution is -2.61. The van der Waals surface area contributed by atoms with Crippen molar-refractivity contribution >= 4 is 17.7 Å². The highest BCUT2D eigenvalue weighted by Gasteiger charge is 2.80. The van der Waals surface area contributed by atoms with Gasteiger partial charge in [-0.05, 0) is 44.4 Å². The van der Waals surface area contributed by atoms with Gasteiger partial charge in [-0.15, -0.1) is 13.2 Å². The van der Waals surface area contributed by atoms with Gasteiger partial charge in [-0.2, -0.15) is 0 Å². The Labute approximate surface area is 240 Å². The molecular formula is C32H51N3O5. The van der Waals surface area contributed by atoms with E-state index < -0.39 is 35.1 Å². The maximum absolute atomic E-state index is 14.8.